The van der Waals surface area contributed by atoms with Gasteiger partial charge in [-0.2, -0.15) is 0 Å². The number of carboxylic acids is 1. The third-order valence-electron chi connectivity index (χ3n) is 3.18. The first-order valence-corrected chi connectivity index (χ1v) is 5.86. The lowest BCUT2D eigenvalue weighted by Crippen LogP contribution is -2.53. The van der Waals surface area contributed by atoms with E-state index in [0.29, 0.717) is 13.0 Å². The number of rotatable bonds is 2. The Morgan fingerprint density at radius 1 is 1.39 bits per heavy atom. The average Bonchev–Trinajstić information content (AvgIpc) is 2.33. The van der Waals surface area contributed by atoms with Gasteiger partial charge in [0.25, 0.3) is 0 Å². The Hall–Kier alpha value is -1.56. The molecule has 1 aliphatic rings. The van der Waals surface area contributed by atoms with Crippen LogP contribution in [0.15, 0.2) is 18.2 Å². The summed E-state index contributed by atoms with van der Waals surface area (Å²) in [6, 6.07) is 3.10. The number of hydrogen-bond donors (Lipinski definition) is 2. The van der Waals surface area contributed by atoms with Gasteiger partial charge in [-0.25, -0.2) is 8.78 Å². The molecule has 1 saturated heterocycles. The van der Waals surface area contributed by atoms with Crippen molar-refractivity contribution in [3.8, 4) is 0 Å². The van der Waals surface area contributed by atoms with Gasteiger partial charge in [0, 0.05) is 6.54 Å². The number of nitrogens with one attached hydrogen (secondary N) is 1. The predicted molar refractivity (Wildman–Crippen MR) is 65.5 cm³/mol. The molecule has 3 nitrogen and oxygen atoms in total. The maximum Gasteiger partial charge on any atom is 0.321 e. The minimum absolute atomic E-state index is 0.146. The molecule has 1 atom stereocenters. The van der Waals surface area contributed by atoms with E-state index in [0.717, 1.165) is 12.1 Å². The molecule has 1 aromatic carbocycles. The summed E-state index contributed by atoms with van der Waals surface area (Å²) >= 11 is 5.07. The molecule has 0 aliphatic carbocycles. The topological polar surface area (TPSA) is 49.3 Å². The summed E-state index contributed by atoms with van der Waals surface area (Å²) in [6.45, 7) is 0.595. The van der Waals surface area contributed by atoms with E-state index >= 15 is 0 Å². The lowest BCUT2D eigenvalue weighted by Gasteiger charge is -2.35. The Morgan fingerprint density at radius 2 is 2.11 bits per heavy atom. The van der Waals surface area contributed by atoms with Crippen LogP contribution in [0.5, 0.6) is 0 Å². The number of carboxylic acid groups (broad SMARTS) is 1. The first kappa shape index (κ1) is 12.9. The molecule has 1 fully saturated rings. The van der Waals surface area contributed by atoms with E-state index in [2.05, 4.69) is 5.32 Å². The molecule has 2 N–H and O–H groups in total. The van der Waals surface area contributed by atoms with Crippen LogP contribution in [0.3, 0.4) is 0 Å². The molecule has 1 heterocycles. The van der Waals surface area contributed by atoms with Gasteiger partial charge in [-0.3, -0.25) is 4.79 Å². The van der Waals surface area contributed by atoms with Crippen molar-refractivity contribution in [2.75, 3.05) is 6.54 Å². The van der Waals surface area contributed by atoms with Gasteiger partial charge < -0.3 is 10.4 Å². The van der Waals surface area contributed by atoms with E-state index in [1.165, 1.54) is 6.07 Å². The quantitative estimate of drug-likeness (QED) is 0.808. The van der Waals surface area contributed by atoms with E-state index in [-0.39, 0.29) is 17.0 Å². The first-order chi connectivity index (χ1) is 8.48. The standard InChI is InChI=1S/C12H11F2NO2S/c13-8-3-2-7(6-9(8)14)12(11(16)17)4-1-5-15-10(12)18/h2-3,6H,1,4-5H2,(H,15,18)(H,16,17). The molecular formula is C12H11F2NO2S. The highest BCUT2D eigenvalue weighted by atomic mass is 32.1. The fourth-order valence-electron chi connectivity index (χ4n) is 2.18. The monoisotopic (exact) mass is 271 g/mol. The third kappa shape index (κ3) is 1.86. The van der Waals surface area contributed by atoms with E-state index < -0.39 is 23.0 Å². The van der Waals surface area contributed by atoms with Crippen LogP contribution in [0.1, 0.15) is 18.4 Å². The number of aliphatic carboxylic acids is 1. The Labute approximate surface area is 108 Å². The van der Waals surface area contributed by atoms with Crippen molar-refractivity contribution < 1.29 is 18.7 Å². The average molecular weight is 271 g/mol. The zero-order valence-electron chi connectivity index (χ0n) is 9.37. The molecular weight excluding hydrogens is 260 g/mol. The Morgan fingerprint density at radius 3 is 2.67 bits per heavy atom. The molecule has 0 radical (unpaired) electrons. The summed E-state index contributed by atoms with van der Waals surface area (Å²) in [6.07, 6.45) is 0.880. The number of benzene rings is 1. The molecule has 0 aromatic heterocycles. The highest BCUT2D eigenvalue weighted by Crippen LogP contribution is 2.34. The molecule has 0 bridgehead atoms. The summed E-state index contributed by atoms with van der Waals surface area (Å²) in [5, 5.41) is 12.3. The van der Waals surface area contributed by atoms with Crippen molar-refractivity contribution in [3.63, 3.8) is 0 Å². The van der Waals surface area contributed by atoms with E-state index in [4.69, 9.17) is 12.2 Å². The van der Waals surface area contributed by atoms with Crippen LogP contribution in [-0.4, -0.2) is 22.6 Å². The fraction of sp³-hybridized carbons (Fsp3) is 0.333. The minimum Gasteiger partial charge on any atom is -0.480 e. The number of hydrogen-bond acceptors (Lipinski definition) is 2. The normalized spacial score (nSPS) is 23.6. The number of piperidine rings is 1. The SMILES string of the molecule is O=C(O)C1(c2ccc(F)c(F)c2)CCCNC1=S. The van der Waals surface area contributed by atoms with Gasteiger partial charge in [-0.1, -0.05) is 18.3 Å². The second kappa shape index (κ2) is 4.61. The molecule has 6 heteroatoms. The zero-order chi connectivity index (χ0) is 13.3. The molecule has 18 heavy (non-hydrogen) atoms. The van der Waals surface area contributed by atoms with Crippen molar-refractivity contribution in [3.05, 3.63) is 35.4 Å². The molecule has 2 rings (SSSR count). The second-order valence-corrected chi connectivity index (χ2v) is 4.61. The Bertz CT molecular complexity index is 521. The van der Waals surface area contributed by atoms with Crippen molar-refractivity contribution in [2.24, 2.45) is 0 Å². The van der Waals surface area contributed by atoms with Gasteiger partial charge in [0.05, 0.1) is 4.99 Å². The molecule has 0 saturated carbocycles. The summed E-state index contributed by atoms with van der Waals surface area (Å²) in [5.41, 5.74) is -1.28. The first-order valence-electron chi connectivity index (χ1n) is 5.45. The van der Waals surface area contributed by atoms with E-state index in [1.807, 2.05) is 0 Å². The second-order valence-electron chi connectivity index (χ2n) is 4.20. The number of carbonyl (C=O) groups is 1. The summed E-state index contributed by atoms with van der Waals surface area (Å²) in [4.78, 5) is 11.7. The fourth-order valence-corrected chi connectivity index (χ4v) is 2.59. The van der Waals surface area contributed by atoms with Crippen LogP contribution in [0, 0.1) is 11.6 Å². The molecule has 1 unspecified atom stereocenters. The molecule has 0 amide bonds. The summed E-state index contributed by atoms with van der Waals surface area (Å²) < 4.78 is 26.2. The van der Waals surface area contributed by atoms with Gasteiger partial charge in [-0.05, 0) is 30.5 Å². The number of halogens is 2. The highest BCUT2D eigenvalue weighted by molar-refractivity contribution is 7.80. The molecule has 96 valence electrons. The van der Waals surface area contributed by atoms with Crippen molar-refractivity contribution in [2.45, 2.75) is 18.3 Å². The molecule has 1 aliphatic heterocycles. The Kier molecular flexibility index (Phi) is 3.30. The van der Waals surface area contributed by atoms with Crippen molar-refractivity contribution in [1.29, 1.82) is 0 Å². The van der Waals surface area contributed by atoms with E-state index in [9.17, 15) is 18.7 Å². The lowest BCUT2D eigenvalue weighted by molar-refractivity contribution is -0.141. The van der Waals surface area contributed by atoms with Gasteiger partial charge in [0.2, 0.25) is 0 Å². The Balaban J connectivity index is 2.56. The van der Waals surface area contributed by atoms with Gasteiger partial charge in [0.15, 0.2) is 11.6 Å². The van der Waals surface area contributed by atoms with Crippen LogP contribution in [-0.2, 0) is 10.2 Å². The van der Waals surface area contributed by atoms with Crippen molar-refractivity contribution in [1.82, 2.24) is 5.32 Å². The smallest absolute Gasteiger partial charge is 0.321 e. The van der Waals surface area contributed by atoms with Gasteiger partial charge in [-0.15, -0.1) is 0 Å². The van der Waals surface area contributed by atoms with Crippen molar-refractivity contribution >= 4 is 23.2 Å². The minimum atomic E-state index is -1.46. The maximum atomic E-state index is 13.3. The van der Waals surface area contributed by atoms with E-state index in [1.54, 1.807) is 0 Å². The van der Waals surface area contributed by atoms with Crippen LogP contribution in [0.25, 0.3) is 0 Å². The predicted octanol–water partition coefficient (Wildman–Crippen LogP) is 2.00. The largest absolute Gasteiger partial charge is 0.480 e. The van der Waals surface area contributed by atoms with Crippen LogP contribution >= 0.6 is 12.2 Å². The van der Waals surface area contributed by atoms with Gasteiger partial charge >= 0.3 is 5.97 Å². The van der Waals surface area contributed by atoms with Crippen LogP contribution in [0.4, 0.5) is 8.78 Å². The molecule has 1 aromatic rings. The number of thiocarbonyl (C=S) groups is 1. The highest BCUT2D eigenvalue weighted by Gasteiger charge is 2.46. The third-order valence-corrected chi connectivity index (χ3v) is 3.67. The molecule has 0 spiro atoms. The lowest BCUT2D eigenvalue weighted by atomic mass is 9.74. The van der Waals surface area contributed by atoms with Crippen LogP contribution in [0.2, 0.25) is 0 Å². The van der Waals surface area contributed by atoms with Gasteiger partial charge in [0.1, 0.15) is 5.41 Å². The van der Waals surface area contributed by atoms with Crippen LogP contribution < -0.4 is 5.32 Å². The zero-order valence-corrected chi connectivity index (χ0v) is 10.2. The maximum absolute atomic E-state index is 13.3. The summed E-state index contributed by atoms with van der Waals surface area (Å²) in [7, 11) is 0. The summed E-state index contributed by atoms with van der Waals surface area (Å²) in [5.74, 6) is -3.22.